The highest BCUT2D eigenvalue weighted by atomic mass is 16.5. The largest absolute Gasteiger partial charge is 0.508 e. The zero-order valence-corrected chi connectivity index (χ0v) is 27.9. The molecule has 0 aromatic heterocycles. The molecule has 1 aliphatic rings. The molecule has 7 nitrogen and oxygen atoms in total. The Kier molecular flexibility index (Phi) is 12.1. The summed E-state index contributed by atoms with van der Waals surface area (Å²) in [5.74, 6) is 1.25. The second-order valence-electron chi connectivity index (χ2n) is 13.4. The fourth-order valence-corrected chi connectivity index (χ4v) is 4.69. The second-order valence-corrected chi connectivity index (χ2v) is 13.4. The van der Waals surface area contributed by atoms with E-state index in [0.29, 0.717) is 12.2 Å². The van der Waals surface area contributed by atoms with Crippen molar-refractivity contribution in [3.05, 3.63) is 83.9 Å². The molecular weight excluding hydrogens is 568 g/mol. The molecule has 244 valence electrons. The van der Waals surface area contributed by atoms with Crippen LogP contribution >= 0.6 is 0 Å². The van der Waals surface area contributed by atoms with Gasteiger partial charge in [0, 0.05) is 0 Å². The van der Waals surface area contributed by atoms with E-state index in [0.717, 1.165) is 36.1 Å². The van der Waals surface area contributed by atoms with Crippen molar-refractivity contribution in [2.75, 3.05) is 0 Å². The molecule has 0 spiro atoms. The van der Waals surface area contributed by atoms with E-state index in [2.05, 4.69) is 6.92 Å². The molecule has 0 bridgehead atoms. The third kappa shape index (κ3) is 10.3. The monoisotopic (exact) mass is 618 g/mol. The van der Waals surface area contributed by atoms with Crippen LogP contribution in [0.5, 0.6) is 23.0 Å². The molecule has 1 fully saturated rings. The molecule has 3 aromatic carbocycles. The lowest BCUT2D eigenvalue weighted by molar-refractivity contribution is -0.158. The number of aromatic hydroxyl groups is 2. The van der Waals surface area contributed by atoms with Gasteiger partial charge in [0.25, 0.3) is 0 Å². The summed E-state index contributed by atoms with van der Waals surface area (Å²) in [4.78, 5) is 24.5. The van der Waals surface area contributed by atoms with Gasteiger partial charge in [0.1, 0.15) is 28.6 Å². The number of carbonyl (C=O) groups is 2. The molecule has 0 radical (unpaired) electrons. The van der Waals surface area contributed by atoms with E-state index < -0.39 is 16.9 Å². The molecule has 1 saturated carbocycles. The lowest BCUT2D eigenvalue weighted by Gasteiger charge is -2.34. The van der Waals surface area contributed by atoms with Gasteiger partial charge in [-0.25, -0.2) is 0 Å². The number of benzene rings is 3. The van der Waals surface area contributed by atoms with Gasteiger partial charge in [-0.3, -0.25) is 9.59 Å². The van der Waals surface area contributed by atoms with Crippen molar-refractivity contribution >= 4 is 11.9 Å². The SMILES string of the molecule is CCC(C)(C)C(=O)OC(c1ccc(O)cc1)c1ccc(O)cc1.CCC(C)(C)C(=O)Oc1ccc(OC2(C)CCCCC2)cc1. The van der Waals surface area contributed by atoms with Gasteiger partial charge in [0.15, 0.2) is 6.10 Å². The minimum atomic E-state index is -0.588. The molecular formula is C38H50O7. The number of rotatable bonds is 10. The van der Waals surface area contributed by atoms with Gasteiger partial charge in [-0.15, -0.1) is 0 Å². The first-order valence-corrected chi connectivity index (χ1v) is 16.0. The van der Waals surface area contributed by atoms with Gasteiger partial charge >= 0.3 is 11.9 Å². The van der Waals surface area contributed by atoms with Gasteiger partial charge in [-0.1, -0.05) is 44.5 Å². The number of hydrogen-bond donors (Lipinski definition) is 2. The second kappa shape index (κ2) is 15.3. The molecule has 0 aliphatic heterocycles. The summed E-state index contributed by atoms with van der Waals surface area (Å²) >= 11 is 0. The molecule has 0 unspecified atom stereocenters. The zero-order chi connectivity index (χ0) is 33.3. The van der Waals surface area contributed by atoms with Crippen LogP contribution in [0.25, 0.3) is 0 Å². The van der Waals surface area contributed by atoms with Crippen LogP contribution in [-0.2, 0) is 14.3 Å². The quantitative estimate of drug-likeness (QED) is 0.172. The number of phenolic OH excluding ortho intramolecular Hbond substituents is 2. The van der Waals surface area contributed by atoms with Gasteiger partial charge in [-0.05, 0) is 133 Å². The molecule has 1 aliphatic carbocycles. The molecule has 0 saturated heterocycles. The fourth-order valence-electron chi connectivity index (χ4n) is 4.69. The fraction of sp³-hybridized carbons (Fsp3) is 0.474. The summed E-state index contributed by atoms with van der Waals surface area (Å²) in [5.41, 5.74) is 0.430. The number of phenols is 2. The first-order chi connectivity index (χ1) is 21.2. The van der Waals surface area contributed by atoms with Crippen LogP contribution < -0.4 is 9.47 Å². The maximum Gasteiger partial charge on any atom is 0.316 e. The highest BCUT2D eigenvalue weighted by Crippen LogP contribution is 2.34. The normalized spacial score (nSPS) is 14.6. The number of esters is 2. The van der Waals surface area contributed by atoms with E-state index in [4.69, 9.17) is 14.2 Å². The van der Waals surface area contributed by atoms with Crippen molar-refractivity contribution in [3.63, 3.8) is 0 Å². The smallest absolute Gasteiger partial charge is 0.316 e. The van der Waals surface area contributed by atoms with Crippen molar-refractivity contribution < 1.29 is 34.0 Å². The van der Waals surface area contributed by atoms with Crippen LogP contribution in [0.3, 0.4) is 0 Å². The van der Waals surface area contributed by atoms with Crippen molar-refractivity contribution in [1.29, 1.82) is 0 Å². The maximum atomic E-state index is 12.5. The van der Waals surface area contributed by atoms with Gasteiger partial charge in [0.05, 0.1) is 10.8 Å². The molecule has 0 atom stereocenters. The average molecular weight is 619 g/mol. The average Bonchev–Trinajstić information content (AvgIpc) is 3.02. The first kappa shape index (κ1) is 35.5. The Balaban J connectivity index is 0.000000246. The van der Waals surface area contributed by atoms with E-state index >= 15 is 0 Å². The van der Waals surface area contributed by atoms with Crippen LogP contribution in [0.4, 0.5) is 0 Å². The van der Waals surface area contributed by atoms with Crippen LogP contribution in [-0.4, -0.2) is 27.8 Å². The molecule has 4 rings (SSSR count). The standard InChI is InChI=1S/C19H22O4.C19H28O3/c1-4-19(2,3)18(22)23-17(13-5-9-15(20)10-6-13)14-7-11-16(21)12-8-14;1-5-18(2,3)17(20)21-15-9-11-16(12-10-15)22-19(4)13-7-6-8-14-19/h5-12,17,20-21H,4H2,1-3H3;9-12H,5-8,13-14H2,1-4H3. The number of carbonyl (C=O) groups excluding carboxylic acids is 2. The Morgan fingerprint density at radius 2 is 1.11 bits per heavy atom. The topological polar surface area (TPSA) is 102 Å². The van der Waals surface area contributed by atoms with E-state index in [1.165, 1.54) is 19.3 Å². The zero-order valence-electron chi connectivity index (χ0n) is 27.9. The third-order valence-corrected chi connectivity index (χ3v) is 8.80. The molecule has 2 N–H and O–H groups in total. The van der Waals surface area contributed by atoms with Crippen LogP contribution in [0.15, 0.2) is 72.8 Å². The van der Waals surface area contributed by atoms with Crippen molar-refractivity contribution in [3.8, 4) is 23.0 Å². The summed E-state index contributed by atoms with van der Waals surface area (Å²) in [6, 6.07) is 20.5. The minimum absolute atomic E-state index is 0.0549. The lowest BCUT2D eigenvalue weighted by Crippen LogP contribution is -2.34. The van der Waals surface area contributed by atoms with E-state index in [9.17, 15) is 19.8 Å². The Morgan fingerprint density at radius 3 is 1.56 bits per heavy atom. The van der Waals surface area contributed by atoms with Gasteiger partial charge in [0.2, 0.25) is 0 Å². The van der Waals surface area contributed by atoms with Crippen LogP contribution in [0, 0.1) is 10.8 Å². The van der Waals surface area contributed by atoms with Crippen molar-refractivity contribution in [2.24, 2.45) is 10.8 Å². The van der Waals surface area contributed by atoms with E-state index in [-0.39, 0.29) is 29.0 Å². The summed E-state index contributed by atoms with van der Waals surface area (Å²) in [7, 11) is 0. The summed E-state index contributed by atoms with van der Waals surface area (Å²) in [6.07, 6.45) is 6.82. The maximum absolute atomic E-state index is 12.5. The van der Waals surface area contributed by atoms with E-state index in [1.54, 1.807) is 48.5 Å². The van der Waals surface area contributed by atoms with Crippen LogP contribution in [0.2, 0.25) is 0 Å². The first-order valence-electron chi connectivity index (χ1n) is 16.0. The predicted molar refractivity (Wildman–Crippen MR) is 176 cm³/mol. The Bertz CT molecular complexity index is 1320. The predicted octanol–water partition coefficient (Wildman–Crippen LogP) is 9.30. The summed E-state index contributed by atoms with van der Waals surface area (Å²) in [6.45, 7) is 13.6. The summed E-state index contributed by atoms with van der Waals surface area (Å²) < 4.78 is 17.4. The van der Waals surface area contributed by atoms with Crippen LogP contribution in [0.1, 0.15) is 111 Å². The third-order valence-electron chi connectivity index (χ3n) is 8.80. The lowest BCUT2D eigenvalue weighted by atomic mass is 9.86. The highest BCUT2D eigenvalue weighted by Gasteiger charge is 2.31. The number of hydrogen-bond acceptors (Lipinski definition) is 7. The molecule has 45 heavy (non-hydrogen) atoms. The molecule has 3 aromatic rings. The Hall–Kier alpha value is -4.00. The molecule has 0 amide bonds. The highest BCUT2D eigenvalue weighted by molar-refractivity contribution is 5.78. The Morgan fingerprint density at radius 1 is 0.689 bits per heavy atom. The molecule has 7 heteroatoms. The number of ether oxygens (including phenoxy) is 3. The minimum Gasteiger partial charge on any atom is -0.508 e. The van der Waals surface area contributed by atoms with Crippen molar-refractivity contribution in [2.45, 2.75) is 105 Å². The van der Waals surface area contributed by atoms with Gasteiger partial charge in [-0.2, -0.15) is 0 Å². The summed E-state index contributed by atoms with van der Waals surface area (Å²) in [5, 5.41) is 18.9. The van der Waals surface area contributed by atoms with Crippen molar-refractivity contribution in [1.82, 2.24) is 0 Å². The Labute approximate surface area is 268 Å². The van der Waals surface area contributed by atoms with E-state index in [1.807, 2.05) is 65.8 Å². The molecule has 0 heterocycles. The van der Waals surface area contributed by atoms with Gasteiger partial charge < -0.3 is 24.4 Å².